The second-order valence-electron chi connectivity index (χ2n) is 5.46. The number of nitrogens with one attached hydrogen (secondary N) is 1. The Labute approximate surface area is 130 Å². The third kappa shape index (κ3) is 3.50. The molecule has 2 rings (SSSR count). The molecule has 0 bridgehead atoms. The van der Waals surface area contributed by atoms with Gasteiger partial charge in [0.1, 0.15) is 0 Å². The minimum atomic E-state index is 0.357. The van der Waals surface area contributed by atoms with E-state index in [0.29, 0.717) is 6.04 Å². The highest BCUT2D eigenvalue weighted by atomic mass is 79.9. The molecule has 0 aromatic heterocycles. The van der Waals surface area contributed by atoms with E-state index in [4.69, 9.17) is 0 Å². The van der Waals surface area contributed by atoms with Crippen LogP contribution in [0.5, 0.6) is 0 Å². The molecule has 2 aromatic carbocycles. The van der Waals surface area contributed by atoms with Crippen LogP contribution in [0.1, 0.15) is 33.9 Å². The number of benzene rings is 2. The Hall–Kier alpha value is -1.12. The van der Waals surface area contributed by atoms with Crippen molar-refractivity contribution in [3.8, 4) is 0 Å². The number of hydrogen-bond donors (Lipinski definition) is 1. The molecule has 0 saturated carbocycles. The molecule has 0 aliphatic heterocycles. The molecule has 0 heterocycles. The van der Waals surface area contributed by atoms with Gasteiger partial charge >= 0.3 is 0 Å². The van der Waals surface area contributed by atoms with E-state index in [1.165, 1.54) is 27.8 Å². The molecule has 20 heavy (non-hydrogen) atoms. The summed E-state index contributed by atoms with van der Waals surface area (Å²) in [7, 11) is 2.04. The summed E-state index contributed by atoms with van der Waals surface area (Å²) in [5.74, 6) is 0. The Morgan fingerprint density at radius 2 is 1.55 bits per heavy atom. The first-order valence-electron chi connectivity index (χ1n) is 7.00. The summed E-state index contributed by atoms with van der Waals surface area (Å²) in [5.41, 5.74) is 6.85. The zero-order chi connectivity index (χ0) is 14.7. The molecule has 0 aliphatic rings. The predicted octanol–water partition coefficient (Wildman–Crippen LogP) is 4.88. The predicted molar refractivity (Wildman–Crippen MR) is 90.3 cm³/mol. The summed E-state index contributed by atoms with van der Waals surface area (Å²) in [5, 5.41) is 3.46. The van der Waals surface area contributed by atoms with Crippen LogP contribution < -0.4 is 5.32 Å². The molecule has 1 N–H and O–H groups in total. The summed E-state index contributed by atoms with van der Waals surface area (Å²) in [6, 6.07) is 13.6. The van der Waals surface area contributed by atoms with Gasteiger partial charge < -0.3 is 5.32 Å². The van der Waals surface area contributed by atoms with Gasteiger partial charge in [0.2, 0.25) is 0 Å². The monoisotopic (exact) mass is 331 g/mol. The largest absolute Gasteiger partial charge is 0.313 e. The molecule has 2 aromatic rings. The molecule has 0 amide bonds. The van der Waals surface area contributed by atoms with E-state index in [0.717, 1.165) is 10.9 Å². The SMILES string of the molecule is CNC(Cc1ccc(Br)cc1)c1cc(C)c(C)cc1C. The van der Waals surface area contributed by atoms with Gasteiger partial charge in [-0.25, -0.2) is 0 Å². The second kappa shape index (κ2) is 6.55. The maximum atomic E-state index is 3.49. The number of aryl methyl sites for hydroxylation is 3. The molecule has 2 heteroatoms. The average Bonchev–Trinajstić information content (AvgIpc) is 2.43. The Morgan fingerprint density at radius 1 is 0.950 bits per heavy atom. The van der Waals surface area contributed by atoms with Crippen molar-refractivity contribution in [3.63, 3.8) is 0 Å². The lowest BCUT2D eigenvalue weighted by atomic mass is 9.92. The van der Waals surface area contributed by atoms with Crippen LogP contribution >= 0.6 is 15.9 Å². The first-order chi connectivity index (χ1) is 9.51. The van der Waals surface area contributed by atoms with Crippen molar-refractivity contribution in [1.82, 2.24) is 5.32 Å². The van der Waals surface area contributed by atoms with E-state index in [2.05, 4.69) is 78.4 Å². The second-order valence-corrected chi connectivity index (χ2v) is 6.38. The number of halogens is 1. The van der Waals surface area contributed by atoms with E-state index in [-0.39, 0.29) is 0 Å². The first kappa shape index (κ1) is 15.3. The van der Waals surface area contributed by atoms with Crippen LogP contribution in [0.4, 0.5) is 0 Å². The fourth-order valence-corrected chi connectivity index (χ4v) is 2.85. The summed E-state index contributed by atoms with van der Waals surface area (Å²) in [6.07, 6.45) is 1.01. The Bertz CT molecular complexity index is 587. The molecule has 106 valence electrons. The van der Waals surface area contributed by atoms with E-state index in [1.807, 2.05) is 7.05 Å². The Kier molecular flexibility index (Phi) is 5.00. The van der Waals surface area contributed by atoms with Gasteiger partial charge in [0.15, 0.2) is 0 Å². The van der Waals surface area contributed by atoms with Crippen molar-refractivity contribution < 1.29 is 0 Å². The third-order valence-corrected chi connectivity index (χ3v) is 4.49. The van der Waals surface area contributed by atoms with Crippen LogP contribution in [0.3, 0.4) is 0 Å². The molecule has 0 radical (unpaired) electrons. The van der Waals surface area contributed by atoms with Gasteiger partial charge in [0, 0.05) is 10.5 Å². The lowest BCUT2D eigenvalue weighted by Crippen LogP contribution is -2.20. The number of likely N-dealkylation sites (N-methyl/N-ethyl adjacent to an activating group) is 1. The van der Waals surface area contributed by atoms with Crippen LogP contribution in [-0.2, 0) is 6.42 Å². The van der Waals surface area contributed by atoms with Crippen LogP contribution in [0.2, 0.25) is 0 Å². The van der Waals surface area contributed by atoms with Crippen LogP contribution in [0.25, 0.3) is 0 Å². The first-order valence-corrected chi connectivity index (χ1v) is 7.80. The zero-order valence-electron chi connectivity index (χ0n) is 12.6. The fraction of sp³-hybridized carbons (Fsp3) is 0.333. The molecular formula is C18H22BrN. The molecule has 0 spiro atoms. The molecule has 1 atom stereocenters. The normalized spacial score (nSPS) is 12.4. The minimum Gasteiger partial charge on any atom is -0.313 e. The maximum absolute atomic E-state index is 3.49. The van der Waals surface area contributed by atoms with Crippen LogP contribution in [0.15, 0.2) is 40.9 Å². The maximum Gasteiger partial charge on any atom is 0.0361 e. The highest BCUT2D eigenvalue weighted by molar-refractivity contribution is 9.10. The van der Waals surface area contributed by atoms with Gasteiger partial charge in [0.25, 0.3) is 0 Å². The molecule has 0 fully saturated rings. The summed E-state index contributed by atoms with van der Waals surface area (Å²) >= 11 is 3.49. The number of rotatable bonds is 4. The fourth-order valence-electron chi connectivity index (χ4n) is 2.58. The lowest BCUT2D eigenvalue weighted by molar-refractivity contribution is 0.588. The molecule has 0 aliphatic carbocycles. The van der Waals surface area contributed by atoms with E-state index in [9.17, 15) is 0 Å². The van der Waals surface area contributed by atoms with Gasteiger partial charge in [-0.15, -0.1) is 0 Å². The van der Waals surface area contributed by atoms with Crippen molar-refractivity contribution in [1.29, 1.82) is 0 Å². The summed E-state index contributed by atoms with van der Waals surface area (Å²) < 4.78 is 1.13. The molecule has 0 saturated heterocycles. The highest BCUT2D eigenvalue weighted by Crippen LogP contribution is 2.25. The van der Waals surface area contributed by atoms with Crippen LogP contribution in [-0.4, -0.2) is 7.05 Å². The van der Waals surface area contributed by atoms with Crippen molar-refractivity contribution in [3.05, 3.63) is 68.7 Å². The lowest BCUT2D eigenvalue weighted by Gasteiger charge is -2.20. The molecular weight excluding hydrogens is 310 g/mol. The van der Waals surface area contributed by atoms with Gasteiger partial charge in [-0.1, -0.05) is 40.2 Å². The van der Waals surface area contributed by atoms with Crippen molar-refractivity contribution in [2.45, 2.75) is 33.2 Å². The minimum absolute atomic E-state index is 0.357. The van der Waals surface area contributed by atoms with E-state index in [1.54, 1.807) is 0 Å². The Morgan fingerprint density at radius 3 is 2.15 bits per heavy atom. The van der Waals surface area contributed by atoms with Crippen LogP contribution in [0, 0.1) is 20.8 Å². The quantitative estimate of drug-likeness (QED) is 0.842. The van der Waals surface area contributed by atoms with Gasteiger partial charge in [-0.3, -0.25) is 0 Å². The van der Waals surface area contributed by atoms with Crippen molar-refractivity contribution in [2.24, 2.45) is 0 Å². The zero-order valence-corrected chi connectivity index (χ0v) is 14.2. The smallest absolute Gasteiger partial charge is 0.0361 e. The summed E-state index contributed by atoms with van der Waals surface area (Å²) in [4.78, 5) is 0. The number of hydrogen-bond acceptors (Lipinski definition) is 1. The van der Waals surface area contributed by atoms with Crippen molar-refractivity contribution >= 4 is 15.9 Å². The van der Waals surface area contributed by atoms with Crippen molar-refractivity contribution in [2.75, 3.05) is 7.05 Å². The summed E-state index contributed by atoms with van der Waals surface area (Å²) in [6.45, 7) is 6.56. The third-order valence-electron chi connectivity index (χ3n) is 3.96. The van der Waals surface area contributed by atoms with Gasteiger partial charge in [-0.2, -0.15) is 0 Å². The topological polar surface area (TPSA) is 12.0 Å². The van der Waals surface area contributed by atoms with E-state index >= 15 is 0 Å². The molecule has 1 unspecified atom stereocenters. The van der Waals surface area contributed by atoms with Gasteiger partial charge in [0.05, 0.1) is 0 Å². The average molecular weight is 332 g/mol. The van der Waals surface area contributed by atoms with Gasteiger partial charge in [-0.05, 0) is 74.2 Å². The van der Waals surface area contributed by atoms with E-state index < -0.39 is 0 Å². The molecule has 1 nitrogen and oxygen atoms in total. The Balaban J connectivity index is 2.28. The standard InChI is InChI=1S/C18H22BrN/c1-12-9-14(3)17(10-13(12)2)18(20-4)11-15-5-7-16(19)8-6-15/h5-10,18,20H,11H2,1-4H3. The highest BCUT2D eigenvalue weighted by Gasteiger charge is 2.13.